The number of hydrogen-bond acceptors (Lipinski definition) is 9. The van der Waals surface area contributed by atoms with Crippen LogP contribution in [-0.4, -0.2) is 64.0 Å². The van der Waals surface area contributed by atoms with Crippen LogP contribution in [0.2, 0.25) is 5.02 Å². The molecule has 1 aliphatic carbocycles. The second-order valence-corrected chi connectivity index (χ2v) is 10.4. The summed E-state index contributed by atoms with van der Waals surface area (Å²) in [5.41, 5.74) is -0.919. The summed E-state index contributed by atoms with van der Waals surface area (Å²) in [4.78, 5) is 21.0. The molecule has 210 valence electrons. The second kappa shape index (κ2) is 11.1. The van der Waals surface area contributed by atoms with Crippen molar-refractivity contribution in [3.63, 3.8) is 0 Å². The fourth-order valence-corrected chi connectivity index (χ4v) is 4.74. The minimum atomic E-state index is -4.64. The zero-order valence-electron chi connectivity index (χ0n) is 19.7. The highest BCUT2D eigenvalue weighted by atomic mass is 35.5. The van der Waals surface area contributed by atoms with Gasteiger partial charge in [-0.05, 0) is 30.2 Å². The summed E-state index contributed by atoms with van der Waals surface area (Å²) < 4.78 is 82.0. The molecule has 17 heteroatoms. The van der Waals surface area contributed by atoms with E-state index in [9.17, 15) is 35.9 Å². The van der Waals surface area contributed by atoms with Gasteiger partial charge in [0.1, 0.15) is 24.0 Å². The van der Waals surface area contributed by atoms with Crippen LogP contribution in [0.25, 0.3) is 0 Å². The van der Waals surface area contributed by atoms with Crippen molar-refractivity contribution in [2.24, 2.45) is 11.1 Å². The van der Waals surface area contributed by atoms with Crippen molar-refractivity contribution >= 4 is 33.5 Å². The third-order valence-electron chi connectivity index (χ3n) is 6.03. The number of benzene rings is 1. The van der Waals surface area contributed by atoms with Gasteiger partial charge < -0.3 is 10.4 Å². The number of rotatable bonds is 9. The molecule has 2 heterocycles. The topological polar surface area (TPSA) is 162 Å². The van der Waals surface area contributed by atoms with Crippen LogP contribution in [0.1, 0.15) is 33.6 Å². The molecule has 1 aromatic carbocycles. The number of carbonyl (C=O) groups excluding carboxylic acids is 1. The van der Waals surface area contributed by atoms with Crippen molar-refractivity contribution in [2.45, 2.75) is 37.5 Å². The third-order valence-corrected chi connectivity index (χ3v) is 6.82. The molecule has 0 amide bonds. The van der Waals surface area contributed by atoms with E-state index in [2.05, 4.69) is 24.6 Å². The lowest BCUT2D eigenvalue weighted by molar-refractivity contribution is -0.137. The first-order valence-electron chi connectivity index (χ1n) is 11.2. The summed E-state index contributed by atoms with van der Waals surface area (Å²) in [5, 5.41) is 21.4. The summed E-state index contributed by atoms with van der Waals surface area (Å²) >= 11 is 5.65. The fraction of sp³-hybridized carbons (Fsp3) is 0.364. The molecule has 0 spiro atoms. The highest BCUT2D eigenvalue weighted by Gasteiger charge is 2.44. The largest absolute Gasteiger partial charge is 0.417 e. The molecule has 4 rings (SSSR count). The molecule has 0 unspecified atom stereocenters. The van der Waals surface area contributed by atoms with E-state index >= 15 is 0 Å². The van der Waals surface area contributed by atoms with Gasteiger partial charge in [0.05, 0.1) is 41.4 Å². The average Bonchev–Trinajstić information content (AvgIpc) is 3.43. The fourth-order valence-electron chi connectivity index (χ4n) is 4.15. The number of aromatic nitrogens is 4. The van der Waals surface area contributed by atoms with Crippen molar-refractivity contribution in [1.29, 1.82) is 0 Å². The van der Waals surface area contributed by atoms with E-state index in [1.807, 2.05) is 0 Å². The summed E-state index contributed by atoms with van der Waals surface area (Å²) in [7, 11) is -4.29. The van der Waals surface area contributed by atoms with E-state index in [1.54, 1.807) is 0 Å². The molecule has 0 radical (unpaired) electrons. The Kier molecular flexibility index (Phi) is 8.22. The van der Waals surface area contributed by atoms with Crippen LogP contribution in [0.15, 0.2) is 43.0 Å². The SMILES string of the molecule is NS(=O)(=O)OC[C@H]1C[C@@H](Nc2ncncc2C(=O)c2ccn(Cc3ccc(Cl)c(C(F)(F)F)c3)n2)[C@@H](F)[C@@H]1O. The number of ketones is 1. The normalized spacial score (nSPS) is 21.7. The van der Waals surface area contributed by atoms with E-state index in [1.165, 1.54) is 29.2 Å². The van der Waals surface area contributed by atoms with Crippen LogP contribution in [0, 0.1) is 5.92 Å². The number of nitrogens with zero attached hydrogens (tertiary/aromatic N) is 4. The van der Waals surface area contributed by atoms with Gasteiger partial charge >= 0.3 is 16.5 Å². The van der Waals surface area contributed by atoms with Crippen LogP contribution in [-0.2, 0) is 27.2 Å². The maximum Gasteiger partial charge on any atom is 0.417 e. The van der Waals surface area contributed by atoms with Gasteiger partial charge in [0.25, 0.3) is 0 Å². The molecule has 39 heavy (non-hydrogen) atoms. The van der Waals surface area contributed by atoms with E-state index in [4.69, 9.17) is 16.7 Å². The van der Waals surface area contributed by atoms with Gasteiger partial charge in [0.15, 0.2) is 0 Å². The van der Waals surface area contributed by atoms with Gasteiger partial charge in [-0.25, -0.2) is 19.5 Å². The second-order valence-electron chi connectivity index (χ2n) is 8.78. The summed E-state index contributed by atoms with van der Waals surface area (Å²) in [5.74, 6) is -1.63. The van der Waals surface area contributed by atoms with Crippen LogP contribution in [0.4, 0.5) is 23.4 Å². The van der Waals surface area contributed by atoms with Gasteiger partial charge in [-0.15, -0.1) is 0 Å². The molecule has 0 aliphatic heterocycles. The van der Waals surface area contributed by atoms with Gasteiger partial charge in [0.2, 0.25) is 5.78 Å². The molecule has 3 aromatic rings. The van der Waals surface area contributed by atoms with Gasteiger partial charge in [-0.3, -0.25) is 13.7 Å². The first kappa shape index (κ1) is 28.8. The number of nitrogens with one attached hydrogen (secondary N) is 1. The van der Waals surface area contributed by atoms with E-state index in [0.29, 0.717) is 0 Å². The lowest BCUT2D eigenvalue weighted by Crippen LogP contribution is -2.33. The van der Waals surface area contributed by atoms with Crippen molar-refractivity contribution < 1.29 is 40.1 Å². The standard InChI is InChI=1S/C22H21ClF4N6O5S/c23-15-2-1-11(5-14(15)22(25,26)27)8-33-4-3-16(32-33)20(35)13-7-29-10-30-21(13)31-17-6-12(19(34)18(17)24)9-38-39(28,36)37/h1-5,7,10,12,17-19,34H,6,8-9H2,(H2,28,36,37)(H,29,30,31)/t12-,17-,18-,19-/m1/s1. The predicted octanol–water partition coefficient (Wildman–Crippen LogP) is 2.34. The van der Waals surface area contributed by atoms with Gasteiger partial charge in [0, 0.05) is 18.3 Å². The Hall–Kier alpha value is -3.18. The minimum Gasteiger partial charge on any atom is -0.390 e. The zero-order valence-corrected chi connectivity index (χ0v) is 21.3. The van der Waals surface area contributed by atoms with E-state index in [-0.39, 0.29) is 35.6 Å². The number of halogens is 5. The Labute approximate surface area is 224 Å². The van der Waals surface area contributed by atoms with Crippen molar-refractivity contribution in [2.75, 3.05) is 11.9 Å². The number of aliphatic hydroxyl groups is 1. The number of alkyl halides is 4. The smallest absolute Gasteiger partial charge is 0.390 e. The molecule has 11 nitrogen and oxygen atoms in total. The monoisotopic (exact) mass is 592 g/mol. The molecule has 4 atom stereocenters. The first-order chi connectivity index (χ1) is 18.2. The average molecular weight is 593 g/mol. The lowest BCUT2D eigenvalue weighted by Gasteiger charge is -2.18. The Bertz CT molecular complexity index is 1470. The molecule has 4 N–H and O–H groups in total. The molecular formula is C22H21ClF4N6O5S. The Morgan fingerprint density at radius 2 is 2.05 bits per heavy atom. The summed E-state index contributed by atoms with van der Waals surface area (Å²) in [6.07, 6.45) is -4.44. The van der Waals surface area contributed by atoms with E-state index < -0.39 is 63.7 Å². The first-order valence-corrected chi connectivity index (χ1v) is 13.1. The Balaban J connectivity index is 1.49. The number of carbonyl (C=O) groups is 1. The van der Waals surface area contributed by atoms with Crippen molar-refractivity contribution in [3.8, 4) is 0 Å². The van der Waals surface area contributed by atoms with Crippen LogP contribution in [0.3, 0.4) is 0 Å². The summed E-state index contributed by atoms with van der Waals surface area (Å²) in [6, 6.07) is 3.71. The molecule has 1 fully saturated rings. The Morgan fingerprint density at radius 3 is 2.74 bits per heavy atom. The Morgan fingerprint density at radius 1 is 1.31 bits per heavy atom. The molecule has 0 bridgehead atoms. The molecular weight excluding hydrogens is 572 g/mol. The molecule has 1 saturated carbocycles. The highest BCUT2D eigenvalue weighted by Crippen LogP contribution is 2.35. The third kappa shape index (κ3) is 6.88. The number of hydrogen-bond donors (Lipinski definition) is 3. The summed E-state index contributed by atoms with van der Waals surface area (Å²) in [6.45, 7) is -0.626. The quantitative estimate of drug-likeness (QED) is 0.250. The minimum absolute atomic E-state index is 0.0644. The lowest BCUT2D eigenvalue weighted by atomic mass is 10.1. The van der Waals surface area contributed by atoms with Crippen molar-refractivity contribution in [3.05, 3.63) is 70.4 Å². The maximum absolute atomic E-state index is 14.8. The number of anilines is 1. The van der Waals surface area contributed by atoms with Crippen LogP contribution < -0.4 is 10.5 Å². The number of nitrogens with two attached hydrogens (primary N) is 1. The zero-order chi connectivity index (χ0) is 28.5. The number of aliphatic hydroxyl groups excluding tert-OH is 1. The highest BCUT2D eigenvalue weighted by molar-refractivity contribution is 7.84. The molecule has 1 aliphatic rings. The van der Waals surface area contributed by atoms with Gasteiger partial charge in [-0.1, -0.05) is 17.7 Å². The maximum atomic E-state index is 14.8. The molecule has 0 saturated heterocycles. The van der Waals surface area contributed by atoms with Crippen molar-refractivity contribution in [1.82, 2.24) is 19.7 Å². The molecule has 2 aromatic heterocycles. The van der Waals surface area contributed by atoms with Gasteiger partial charge in [-0.2, -0.15) is 26.7 Å². The van der Waals surface area contributed by atoms with Crippen LogP contribution >= 0.6 is 11.6 Å². The van der Waals surface area contributed by atoms with Crippen LogP contribution in [0.5, 0.6) is 0 Å². The van der Waals surface area contributed by atoms with E-state index in [0.717, 1.165) is 18.5 Å². The predicted molar refractivity (Wildman–Crippen MR) is 129 cm³/mol.